The molecule has 11 nitrogen and oxygen atoms in total. The molecule has 3 rings (SSSR count). The third-order valence-electron chi connectivity index (χ3n) is 6.02. The molecule has 2 heterocycles. The lowest BCUT2D eigenvalue weighted by atomic mass is 10.1. The van der Waals surface area contributed by atoms with Crippen molar-refractivity contribution in [1.82, 2.24) is 30.4 Å². The number of hydrogen-bond donors (Lipinski definition) is 4. The molecule has 0 saturated heterocycles. The van der Waals surface area contributed by atoms with Gasteiger partial charge in [0.25, 0.3) is 0 Å². The van der Waals surface area contributed by atoms with Crippen molar-refractivity contribution in [2.75, 3.05) is 38.8 Å². The zero-order valence-corrected chi connectivity index (χ0v) is 23.4. The van der Waals surface area contributed by atoms with Crippen molar-refractivity contribution in [3.05, 3.63) is 35.5 Å². The molecule has 1 amide bonds. The van der Waals surface area contributed by atoms with E-state index in [9.17, 15) is 4.79 Å². The SMILES string of the molecule is CCCCCCNC(C)=O.COCCC(C)NCc1ccc(Cn2ncc3nc(N)nc(N)c32)c(OC)c1. The average Bonchev–Trinajstić information content (AvgIpc) is 3.29. The van der Waals surface area contributed by atoms with Gasteiger partial charge < -0.3 is 31.6 Å². The lowest BCUT2D eigenvalue weighted by Crippen LogP contribution is -2.26. The number of amides is 1. The van der Waals surface area contributed by atoms with Crippen molar-refractivity contribution in [3.63, 3.8) is 0 Å². The van der Waals surface area contributed by atoms with Crippen molar-refractivity contribution in [2.45, 2.75) is 72.0 Å². The normalized spacial score (nSPS) is 11.6. The summed E-state index contributed by atoms with van der Waals surface area (Å²) < 4.78 is 12.5. The number of hydrogen-bond acceptors (Lipinski definition) is 9. The summed E-state index contributed by atoms with van der Waals surface area (Å²) in [7, 11) is 3.38. The second-order valence-corrected chi connectivity index (χ2v) is 9.26. The molecule has 0 radical (unpaired) electrons. The smallest absolute Gasteiger partial charge is 0.222 e. The van der Waals surface area contributed by atoms with Crippen molar-refractivity contribution < 1.29 is 14.3 Å². The fourth-order valence-corrected chi connectivity index (χ4v) is 3.86. The monoisotopic (exact) mass is 528 g/mol. The van der Waals surface area contributed by atoms with E-state index in [1.165, 1.54) is 19.3 Å². The Morgan fingerprint density at radius 1 is 1.16 bits per heavy atom. The predicted molar refractivity (Wildman–Crippen MR) is 152 cm³/mol. The number of nitrogens with one attached hydrogen (secondary N) is 2. The van der Waals surface area contributed by atoms with Gasteiger partial charge in [0.1, 0.15) is 16.8 Å². The third-order valence-corrected chi connectivity index (χ3v) is 6.02. The van der Waals surface area contributed by atoms with Crippen LogP contribution in [0.3, 0.4) is 0 Å². The van der Waals surface area contributed by atoms with Crippen LogP contribution in [-0.2, 0) is 22.6 Å². The van der Waals surface area contributed by atoms with Gasteiger partial charge in [-0.05, 0) is 31.4 Å². The van der Waals surface area contributed by atoms with Crippen LogP contribution >= 0.6 is 0 Å². The van der Waals surface area contributed by atoms with Crippen LogP contribution in [0, 0.1) is 0 Å². The van der Waals surface area contributed by atoms with Gasteiger partial charge in [0.2, 0.25) is 11.9 Å². The maximum absolute atomic E-state index is 10.4. The van der Waals surface area contributed by atoms with Crippen molar-refractivity contribution >= 4 is 28.7 Å². The van der Waals surface area contributed by atoms with Crippen LogP contribution in [0.5, 0.6) is 5.75 Å². The highest BCUT2D eigenvalue weighted by Crippen LogP contribution is 2.24. The minimum atomic E-state index is 0.0801. The molecule has 3 aromatic rings. The van der Waals surface area contributed by atoms with Gasteiger partial charge in [0, 0.05) is 45.3 Å². The molecule has 0 aliphatic heterocycles. The van der Waals surface area contributed by atoms with Crippen LogP contribution in [0.25, 0.3) is 11.0 Å². The van der Waals surface area contributed by atoms with Crippen LogP contribution in [0.2, 0.25) is 0 Å². The molecular formula is C27H44N8O3. The molecule has 0 aliphatic carbocycles. The van der Waals surface area contributed by atoms with Crippen LogP contribution in [0.4, 0.5) is 11.8 Å². The molecule has 0 saturated carbocycles. The largest absolute Gasteiger partial charge is 0.496 e. The Balaban J connectivity index is 0.000000432. The Labute approximate surface area is 225 Å². The molecule has 210 valence electrons. The lowest BCUT2D eigenvalue weighted by molar-refractivity contribution is -0.118. The van der Waals surface area contributed by atoms with E-state index in [4.69, 9.17) is 20.9 Å². The van der Waals surface area contributed by atoms with Gasteiger partial charge in [-0.2, -0.15) is 10.1 Å². The Morgan fingerprint density at radius 3 is 2.63 bits per heavy atom. The summed E-state index contributed by atoms with van der Waals surface area (Å²) in [5, 5.41) is 10.6. The molecule has 0 spiro atoms. The average molecular weight is 529 g/mol. The Hall–Kier alpha value is -3.44. The summed E-state index contributed by atoms with van der Waals surface area (Å²) in [5.41, 5.74) is 15.1. The lowest BCUT2D eigenvalue weighted by Gasteiger charge is -2.15. The van der Waals surface area contributed by atoms with E-state index in [0.29, 0.717) is 29.4 Å². The number of rotatable bonds is 14. The molecule has 2 aromatic heterocycles. The number of aromatic nitrogens is 4. The van der Waals surface area contributed by atoms with E-state index in [0.717, 1.165) is 49.4 Å². The van der Waals surface area contributed by atoms with Crippen molar-refractivity contribution in [3.8, 4) is 5.75 Å². The highest BCUT2D eigenvalue weighted by atomic mass is 16.5. The minimum Gasteiger partial charge on any atom is -0.496 e. The van der Waals surface area contributed by atoms with E-state index in [1.54, 1.807) is 32.0 Å². The van der Waals surface area contributed by atoms with Gasteiger partial charge in [-0.1, -0.05) is 38.3 Å². The first kappa shape index (κ1) is 30.8. The number of nitrogen functional groups attached to an aromatic ring is 2. The first-order valence-electron chi connectivity index (χ1n) is 13.2. The number of ether oxygens (including phenoxy) is 2. The third kappa shape index (κ3) is 10.1. The van der Waals surface area contributed by atoms with E-state index in [-0.39, 0.29) is 11.9 Å². The number of benzene rings is 1. The summed E-state index contributed by atoms with van der Waals surface area (Å²) in [4.78, 5) is 18.6. The van der Waals surface area contributed by atoms with Gasteiger partial charge >= 0.3 is 0 Å². The minimum absolute atomic E-state index is 0.0801. The molecule has 1 unspecified atom stereocenters. The Morgan fingerprint density at radius 2 is 1.95 bits per heavy atom. The van der Waals surface area contributed by atoms with Gasteiger partial charge in [-0.15, -0.1) is 0 Å². The summed E-state index contributed by atoms with van der Waals surface area (Å²) in [5.74, 6) is 1.32. The Kier molecular flexibility index (Phi) is 13.3. The maximum atomic E-state index is 10.4. The molecular weight excluding hydrogens is 484 g/mol. The van der Waals surface area contributed by atoms with Crippen molar-refractivity contribution in [2.24, 2.45) is 0 Å². The quantitative estimate of drug-likeness (QED) is 0.231. The van der Waals surface area contributed by atoms with Gasteiger partial charge in [0.15, 0.2) is 5.82 Å². The number of unbranched alkanes of at least 4 members (excludes halogenated alkanes) is 3. The van der Waals surface area contributed by atoms with Gasteiger partial charge in [0.05, 0.1) is 19.9 Å². The molecule has 6 N–H and O–H groups in total. The summed E-state index contributed by atoms with van der Waals surface area (Å²) in [6.45, 7) is 8.71. The van der Waals surface area contributed by atoms with E-state index in [1.807, 2.05) is 12.1 Å². The molecule has 11 heteroatoms. The molecule has 1 atom stereocenters. The summed E-state index contributed by atoms with van der Waals surface area (Å²) in [6, 6.07) is 6.53. The highest BCUT2D eigenvalue weighted by molar-refractivity contribution is 5.85. The van der Waals surface area contributed by atoms with Crippen molar-refractivity contribution in [1.29, 1.82) is 0 Å². The predicted octanol–water partition coefficient (Wildman–Crippen LogP) is 3.27. The molecule has 0 aliphatic rings. The topological polar surface area (TPSA) is 155 Å². The molecule has 0 fully saturated rings. The molecule has 1 aromatic carbocycles. The fraction of sp³-hybridized carbons (Fsp3) is 0.556. The first-order valence-corrected chi connectivity index (χ1v) is 13.2. The van der Waals surface area contributed by atoms with Crippen LogP contribution < -0.4 is 26.8 Å². The zero-order chi connectivity index (χ0) is 27.9. The number of nitrogens with zero attached hydrogens (tertiary/aromatic N) is 4. The van der Waals surface area contributed by atoms with E-state index >= 15 is 0 Å². The van der Waals surface area contributed by atoms with Crippen LogP contribution in [0.1, 0.15) is 64.0 Å². The number of carbonyl (C=O) groups is 1. The number of fused-ring (bicyclic) bond motifs is 1. The summed E-state index contributed by atoms with van der Waals surface area (Å²) in [6.07, 6.45) is 7.48. The van der Waals surface area contributed by atoms with E-state index < -0.39 is 0 Å². The fourth-order valence-electron chi connectivity index (χ4n) is 3.86. The molecule has 38 heavy (non-hydrogen) atoms. The number of anilines is 2. The second-order valence-electron chi connectivity index (χ2n) is 9.26. The molecule has 0 bridgehead atoms. The number of methoxy groups -OCH3 is 2. The van der Waals surface area contributed by atoms with Gasteiger partial charge in [-0.25, -0.2) is 4.98 Å². The van der Waals surface area contributed by atoms with E-state index in [2.05, 4.69) is 45.6 Å². The Bertz CT molecular complexity index is 1130. The standard InChI is InChI=1S/C19H27N7O2.C8H17NO/c1-12(6-7-27-2)22-9-13-4-5-14(16(8-13)28-3)11-26-17-15(10-23-26)24-19(21)25-18(17)20;1-3-4-5-6-7-9-8(2)10/h4-5,8,10,12,22H,6-7,9,11H2,1-3H3,(H4,20,21,24,25);3-7H2,1-2H3,(H,9,10). The van der Waals surface area contributed by atoms with Crippen LogP contribution in [0.15, 0.2) is 24.4 Å². The maximum Gasteiger partial charge on any atom is 0.222 e. The second kappa shape index (κ2) is 16.4. The number of nitrogens with two attached hydrogens (primary N) is 2. The first-order chi connectivity index (χ1) is 18.3. The highest BCUT2D eigenvalue weighted by Gasteiger charge is 2.13. The van der Waals surface area contributed by atoms with Crippen LogP contribution in [-0.4, -0.2) is 59.1 Å². The van der Waals surface area contributed by atoms with Gasteiger partial charge in [-0.3, -0.25) is 9.48 Å². The zero-order valence-electron chi connectivity index (χ0n) is 23.4. The summed E-state index contributed by atoms with van der Waals surface area (Å²) >= 11 is 0. The number of carbonyl (C=O) groups excluding carboxylic acids is 1.